The first-order valence-corrected chi connectivity index (χ1v) is 6.32. The zero-order valence-electron chi connectivity index (χ0n) is 10.6. The number of rotatable bonds is 5. The van der Waals surface area contributed by atoms with E-state index in [0.717, 1.165) is 17.7 Å². The SMILES string of the molecule is CCCC[C@H]1C[C@@]1(C#N)c1ccc(OC)cc1. The van der Waals surface area contributed by atoms with Crippen LogP contribution >= 0.6 is 0 Å². The first kappa shape index (κ1) is 12.0. The van der Waals surface area contributed by atoms with E-state index in [2.05, 4.69) is 13.0 Å². The number of hydrogen-bond donors (Lipinski definition) is 0. The fourth-order valence-electron chi connectivity index (χ4n) is 2.57. The molecule has 0 bridgehead atoms. The van der Waals surface area contributed by atoms with Crippen LogP contribution in [0.2, 0.25) is 0 Å². The molecule has 0 unspecified atom stereocenters. The van der Waals surface area contributed by atoms with Gasteiger partial charge >= 0.3 is 0 Å². The highest BCUT2D eigenvalue weighted by Gasteiger charge is 2.55. The summed E-state index contributed by atoms with van der Waals surface area (Å²) >= 11 is 0. The van der Waals surface area contributed by atoms with E-state index in [-0.39, 0.29) is 5.41 Å². The molecule has 1 aliphatic rings. The van der Waals surface area contributed by atoms with Gasteiger partial charge in [0.05, 0.1) is 18.6 Å². The summed E-state index contributed by atoms with van der Waals surface area (Å²) in [5.74, 6) is 1.41. The molecule has 1 aromatic rings. The van der Waals surface area contributed by atoms with Gasteiger partial charge in [-0.25, -0.2) is 0 Å². The van der Waals surface area contributed by atoms with Gasteiger partial charge in [0.1, 0.15) is 5.75 Å². The van der Waals surface area contributed by atoms with Gasteiger partial charge in [0.2, 0.25) is 0 Å². The summed E-state index contributed by atoms with van der Waals surface area (Å²) in [6.45, 7) is 2.20. The van der Waals surface area contributed by atoms with Gasteiger partial charge < -0.3 is 4.74 Å². The van der Waals surface area contributed by atoms with Crippen molar-refractivity contribution in [2.24, 2.45) is 5.92 Å². The third-order valence-corrected chi connectivity index (χ3v) is 3.82. The molecule has 0 spiro atoms. The molecule has 90 valence electrons. The Labute approximate surface area is 103 Å². The monoisotopic (exact) mass is 229 g/mol. The summed E-state index contributed by atoms with van der Waals surface area (Å²) in [5, 5.41) is 9.42. The molecule has 2 heteroatoms. The summed E-state index contributed by atoms with van der Waals surface area (Å²) < 4.78 is 5.14. The van der Waals surface area contributed by atoms with Crippen LogP contribution in [0.3, 0.4) is 0 Å². The van der Waals surface area contributed by atoms with Crippen LogP contribution in [-0.2, 0) is 5.41 Å². The van der Waals surface area contributed by atoms with Crippen molar-refractivity contribution in [3.05, 3.63) is 29.8 Å². The van der Waals surface area contributed by atoms with Crippen LogP contribution in [0.1, 0.15) is 38.2 Å². The third-order valence-electron chi connectivity index (χ3n) is 3.82. The molecule has 1 aromatic carbocycles. The molecule has 0 saturated heterocycles. The maximum Gasteiger partial charge on any atom is 0.118 e. The average Bonchev–Trinajstić information content (AvgIpc) is 3.11. The van der Waals surface area contributed by atoms with E-state index < -0.39 is 0 Å². The second kappa shape index (κ2) is 4.79. The third kappa shape index (κ3) is 2.15. The highest BCUT2D eigenvalue weighted by molar-refractivity contribution is 5.43. The molecule has 1 aliphatic carbocycles. The molecular weight excluding hydrogens is 210 g/mol. The number of ether oxygens (including phenoxy) is 1. The largest absolute Gasteiger partial charge is 0.497 e. The Balaban J connectivity index is 2.12. The van der Waals surface area contributed by atoms with Gasteiger partial charge in [-0.15, -0.1) is 0 Å². The predicted molar refractivity (Wildman–Crippen MR) is 67.9 cm³/mol. The fraction of sp³-hybridized carbons (Fsp3) is 0.533. The van der Waals surface area contributed by atoms with Crippen molar-refractivity contribution in [1.29, 1.82) is 5.26 Å². The van der Waals surface area contributed by atoms with Gasteiger partial charge in [-0.3, -0.25) is 0 Å². The van der Waals surface area contributed by atoms with E-state index in [9.17, 15) is 5.26 Å². The molecule has 2 nitrogen and oxygen atoms in total. The summed E-state index contributed by atoms with van der Waals surface area (Å²) in [6.07, 6.45) is 4.64. The maximum atomic E-state index is 9.42. The summed E-state index contributed by atoms with van der Waals surface area (Å²) in [6, 6.07) is 10.5. The van der Waals surface area contributed by atoms with Crippen molar-refractivity contribution < 1.29 is 4.74 Å². The van der Waals surface area contributed by atoms with Crippen molar-refractivity contribution in [2.45, 2.75) is 38.0 Å². The zero-order valence-corrected chi connectivity index (χ0v) is 10.6. The van der Waals surface area contributed by atoms with Crippen molar-refractivity contribution in [3.8, 4) is 11.8 Å². The normalized spacial score (nSPS) is 26.3. The van der Waals surface area contributed by atoms with Crippen LogP contribution in [-0.4, -0.2) is 7.11 Å². The molecule has 17 heavy (non-hydrogen) atoms. The van der Waals surface area contributed by atoms with Crippen LogP contribution in [0.5, 0.6) is 5.75 Å². The zero-order chi connectivity index (χ0) is 12.3. The molecule has 1 fully saturated rings. The second-order valence-corrected chi connectivity index (χ2v) is 4.85. The molecular formula is C15H19NO. The van der Waals surface area contributed by atoms with E-state index in [1.165, 1.54) is 19.3 Å². The topological polar surface area (TPSA) is 33.0 Å². The first-order valence-electron chi connectivity index (χ1n) is 6.32. The maximum absolute atomic E-state index is 9.42. The smallest absolute Gasteiger partial charge is 0.118 e. The van der Waals surface area contributed by atoms with Crippen molar-refractivity contribution in [1.82, 2.24) is 0 Å². The van der Waals surface area contributed by atoms with Gasteiger partial charge in [0.15, 0.2) is 0 Å². The highest BCUT2D eigenvalue weighted by Crippen LogP contribution is 2.56. The molecule has 1 saturated carbocycles. The fourth-order valence-corrected chi connectivity index (χ4v) is 2.57. The van der Waals surface area contributed by atoms with Crippen molar-refractivity contribution >= 4 is 0 Å². The van der Waals surface area contributed by atoms with Gasteiger partial charge in [-0.2, -0.15) is 5.26 Å². The number of hydrogen-bond acceptors (Lipinski definition) is 2. The number of nitriles is 1. The summed E-state index contributed by atoms with van der Waals surface area (Å²) in [5.41, 5.74) is 0.948. The van der Waals surface area contributed by atoms with Crippen LogP contribution in [0, 0.1) is 17.2 Å². The quantitative estimate of drug-likeness (QED) is 0.771. The molecule has 0 amide bonds. The Bertz CT molecular complexity index is 418. The molecule has 0 radical (unpaired) electrons. The lowest BCUT2D eigenvalue weighted by Gasteiger charge is -2.10. The number of methoxy groups -OCH3 is 1. The van der Waals surface area contributed by atoms with E-state index in [1.807, 2.05) is 24.3 Å². The van der Waals surface area contributed by atoms with Gasteiger partial charge in [0, 0.05) is 0 Å². The van der Waals surface area contributed by atoms with Crippen LogP contribution in [0.15, 0.2) is 24.3 Å². The summed E-state index contributed by atoms with van der Waals surface area (Å²) in [7, 11) is 1.66. The molecule has 2 atom stereocenters. The lowest BCUT2D eigenvalue weighted by molar-refractivity contribution is 0.414. The van der Waals surface area contributed by atoms with E-state index >= 15 is 0 Å². The minimum Gasteiger partial charge on any atom is -0.497 e. The molecule has 0 N–H and O–H groups in total. The Kier molecular flexibility index (Phi) is 3.38. The predicted octanol–water partition coefficient (Wildman–Crippen LogP) is 3.67. The van der Waals surface area contributed by atoms with E-state index in [0.29, 0.717) is 5.92 Å². The Hall–Kier alpha value is -1.49. The van der Waals surface area contributed by atoms with Crippen LogP contribution < -0.4 is 4.74 Å². The number of benzene rings is 1. The van der Waals surface area contributed by atoms with Crippen molar-refractivity contribution in [2.75, 3.05) is 7.11 Å². The Morgan fingerprint density at radius 1 is 1.41 bits per heavy atom. The molecule has 0 aromatic heterocycles. The Morgan fingerprint density at radius 2 is 2.12 bits per heavy atom. The lowest BCUT2D eigenvalue weighted by atomic mass is 9.93. The minimum atomic E-state index is -0.207. The standard InChI is InChI=1S/C15H19NO/c1-3-4-5-13-10-15(13,11-16)12-6-8-14(17-2)9-7-12/h6-9,13H,3-5,10H2,1-2H3/t13-,15+/m0/s1. The minimum absolute atomic E-state index is 0.207. The molecule has 0 aliphatic heterocycles. The highest BCUT2D eigenvalue weighted by atomic mass is 16.5. The lowest BCUT2D eigenvalue weighted by Crippen LogP contribution is -2.07. The second-order valence-electron chi connectivity index (χ2n) is 4.85. The molecule has 2 rings (SSSR count). The van der Waals surface area contributed by atoms with Crippen molar-refractivity contribution in [3.63, 3.8) is 0 Å². The number of nitrogens with zero attached hydrogens (tertiary/aromatic N) is 1. The van der Waals surface area contributed by atoms with E-state index in [1.54, 1.807) is 7.11 Å². The number of unbranched alkanes of at least 4 members (excludes halogenated alkanes) is 1. The van der Waals surface area contributed by atoms with Crippen LogP contribution in [0.4, 0.5) is 0 Å². The van der Waals surface area contributed by atoms with E-state index in [4.69, 9.17) is 4.74 Å². The first-order chi connectivity index (χ1) is 8.26. The Morgan fingerprint density at radius 3 is 2.65 bits per heavy atom. The van der Waals surface area contributed by atoms with Gasteiger partial charge in [0.25, 0.3) is 0 Å². The van der Waals surface area contributed by atoms with Gasteiger partial charge in [-0.05, 0) is 36.5 Å². The average molecular weight is 229 g/mol. The molecule has 0 heterocycles. The van der Waals surface area contributed by atoms with Gasteiger partial charge in [-0.1, -0.05) is 31.9 Å². The summed E-state index contributed by atoms with van der Waals surface area (Å²) in [4.78, 5) is 0. The van der Waals surface area contributed by atoms with Crippen LogP contribution in [0.25, 0.3) is 0 Å².